The lowest BCUT2D eigenvalue weighted by Gasteiger charge is -2.33. The molecule has 176 valence electrons. The van der Waals surface area contributed by atoms with Gasteiger partial charge in [-0.3, -0.25) is 14.9 Å². The van der Waals surface area contributed by atoms with Gasteiger partial charge in [0.25, 0.3) is 5.69 Å². The maximum Gasteiger partial charge on any atom is 0.334 e. The number of hydrogen-bond acceptors (Lipinski definition) is 7. The lowest BCUT2D eigenvalue weighted by atomic mass is 9.97. The summed E-state index contributed by atoms with van der Waals surface area (Å²) in [6, 6.07) is 8.57. The molecule has 1 aromatic heterocycles. The summed E-state index contributed by atoms with van der Waals surface area (Å²) in [7, 11) is -3.13. The average Bonchev–Trinajstić information content (AvgIpc) is 3.28. The van der Waals surface area contributed by atoms with E-state index in [1.165, 1.54) is 19.4 Å². The summed E-state index contributed by atoms with van der Waals surface area (Å²) < 4.78 is 33.4. The average molecular weight is 548 g/mol. The molecule has 1 N–H and O–H groups in total. The molecule has 0 aliphatic carbocycles. The number of non-ortho nitro benzene ring substituents is 1. The second kappa shape index (κ2) is 9.12. The molecule has 2 aromatic carbocycles. The molecule has 4 rings (SSSR count). The fraction of sp³-hybridized carbons (Fsp3) is 0.182. The van der Waals surface area contributed by atoms with E-state index in [-0.39, 0.29) is 29.1 Å². The first-order valence-electron chi connectivity index (χ1n) is 9.98. The van der Waals surface area contributed by atoms with Crippen molar-refractivity contribution in [1.82, 2.24) is 9.29 Å². The monoisotopic (exact) mass is 547 g/mol. The van der Waals surface area contributed by atoms with Crippen molar-refractivity contribution < 1.29 is 27.7 Å². The summed E-state index contributed by atoms with van der Waals surface area (Å²) in [4.78, 5) is 38.9. The number of carbonyl (C=O) groups is 2. The van der Waals surface area contributed by atoms with Gasteiger partial charge in [-0.25, -0.2) is 13.2 Å². The van der Waals surface area contributed by atoms with Crippen LogP contribution in [0.1, 0.15) is 16.8 Å². The smallest absolute Gasteiger partial charge is 0.334 e. The van der Waals surface area contributed by atoms with Crippen molar-refractivity contribution in [2.24, 2.45) is 0 Å². The fourth-order valence-corrected chi connectivity index (χ4v) is 6.03. The molecule has 0 fully saturated rings. The molecule has 0 radical (unpaired) electrons. The van der Waals surface area contributed by atoms with Crippen molar-refractivity contribution in [2.45, 2.75) is 17.4 Å². The Morgan fingerprint density at radius 1 is 1.21 bits per heavy atom. The highest BCUT2D eigenvalue weighted by molar-refractivity contribution is 9.10. The van der Waals surface area contributed by atoms with Gasteiger partial charge in [-0.2, -0.15) is 4.31 Å². The fourth-order valence-electron chi connectivity index (χ4n) is 3.87. The summed E-state index contributed by atoms with van der Waals surface area (Å²) in [6.07, 6.45) is 2.97. The van der Waals surface area contributed by atoms with Crippen molar-refractivity contribution in [3.63, 3.8) is 0 Å². The van der Waals surface area contributed by atoms with Gasteiger partial charge in [-0.15, -0.1) is 0 Å². The van der Waals surface area contributed by atoms with Gasteiger partial charge in [0.05, 0.1) is 23.0 Å². The van der Waals surface area contributed by atoms with E-state index in [2.05, 4.69) is 20.9 Å². The first kappa shape index (κ1) is 23.8. The van der Waals surface area contributed by atoms with E-state index in [1.54, 1.807) is 18.2 Å². The summed E-state index contributed by atoms with van der Waals surface area (Å²) in [5.41, 5.74) is 0.816. The molecule has 0 unspecified atom stereocenters. The first-order valence-corrected chi connectivity index (χ1v) is 12.2. The number of methoxy groups -OCH3 is 1. The Balaban J connectivity index is 1.79. The van der Waals surface area contributed by atoms with E-state index >= 15 is 0 Å². The van der Waals surface area contributed by atoms with E-state index in [4.69, 9.17) is 4.74 Å². The number of ketones is 1. The number of aromatic nitrogens is 1. The molecule has 2 heterocycles. The molecule has 1 atom stereocenters. The Hall–Kier alpha value is -3.35. The number of benzene rings is 2. The lowest BCUT2D eigenvalue weighted by Crippen LogP contribution is -2.48. The van der Waals surface area contributed by atoms with Gasteiger partial charge in [-0.05, 0) is 30.7 Å². The van der Waals surface area contributed by atoms with Crippen LogP contribution >= 0.6 is 15.9 Å². The first-order chi connectivity index (χ1) is 16.1. The number of nitrogens with one attached hydrogen (secondary N) is 1. The predicted octanol–water partition coefficient (Wildman–Crippen LogP) is 3.58. The van der Waals surface area contributed by atoms with Gasteiger partial charge in [0.2, 0.25) is 10.0 Å². The molecule has 1 aliphatic rings. The van der Waals surface area contributed by atoms with Gasteiger partial charge >= 0.3 is 5.97 Å². The van der Waals surface area contributed by atoms with E-state index in [0.29, 0.717) is 20.9 Å². The number of hydrogen-bond donors (Lipinski definition) is 1. The Kier molecular flexibility index (Phi) is 6.39. The van der Waals surface area contributed by atoms with Crippen molar-refractivity contribution in [3.8, 4) is 0 Å². The summed E-state index contributed by atoms with van der Waals surface area (Å²) >= 11 is 3.43. The molecule has 0 saturated heterocycles. The number of ether oxygens (including phenoxy) is 1. The number of carbonyl (C=O) groups excluding carboxylic acids is 2. The highest BCUT2D eigenvalue weighted by Crippen LogP contribution is 2.32. The second-order valence-electron chi connectivity index (χ2n) is 7.50. The number of rotatable bonds is 6. The third-order valence-electron chi connectivity index (χ3n) is 5.59. The predicted molar refractivity (Wildman–Crippen MR) is 126 cm³/mol. The molecule has 1 aliphatic heterocycles. The van der Waals surface area contributed by atoms with Crippen LogP contribution in [0, 0.1) is 10.1 Å². The quantitative estimate of drug-likeness (QED) is 0.215. The normalized spacial score (nSPS) is 16.8. The third-order valence-corrected chi connectivity index (χ3v) is 8.12. The maximum absolute atomic E-state index is 13.6. The molecule has 10 nitrogen and oxygen atoms in total. The number of esters is 1. The molecule has 34 heavy (non-hydrogen) atoms. The number of nitrogens with zero attached hydrogens (tertiary/aromatic N) is 2. The zero-order valence-corrected chi connectivity index (χ0v) is 20.1. The number of Topliss-reactive ketones (excluding diaryl/α,β-unsaturated/α-hetero) is 1. The number of fused-ring (bicyclic) bond motifs is 1. The summed E-state index contributed by atoms with van der Waals surface area (Å²) in [6.45, 7) is -0.383. The Labute approximate surface area is 202 Å². The molecule has 0 saturated carbocycles. The van der Waals surface area contributed by atoms with E-state index < -0.39 is 32.7 Å². The Morgan fingerprint density at radius 2 is 1.91 bits per heavy atom. The van der Waals surface area contributed by atoms with Gasteiger partial charge in [0.15, 0.2) is 5.78 Å². The van der Waals surface area contributed by atoms with Crippen molar-refractivity contribution in [1.29, 1.82) is 0 Å². The highest BCUT2D eigenvalue weighted by Gasteiger charge is 2.40. The van der Waals surface area contributed by atoms with Gasteiger partial charge in [-0.1, -0.05) is 28.1 Å². The standard InChI is InChI=1S/C22H18BrN3O7S/c1-33-22(28)13-5-10-19(21(27)16-11-24-18-4-2-3-17(23)20(16)18)25(12-13)34(31,32)15-8-6-14(7-9-15)26(29)30/h2-9,11,19,24H,10,12H2,1H3/t19-/m0/s1. The lowest BCUT2D eigenvalue weighted by molar-refractivity contribution is -0.384. The number of H-pyrrole nitrogens is 1. The molecular formula is C22H18BrN3O7S. The number of nitro groups is 1. The second-order valence-corrected chi connectivity index (χ2v) is 10.2. The molecule has 12 heteroatoms. The van der Waals surface area contributed by atoms with Gasteiger partial charge in [0.1, 0.15) is 0 Å². The summed E-state index contributed by atoms with van der Waals surface area (Å²) in [5.74, 6) is -1.16. The number of nitro benzene ring substituents is 1. The van der Waals surface area contributed by atoms with Crippen LogP contribution < -0.4 is 0 Å². The van der Waals surface area contributed by atoms with Crippen LogP contribution in [0.25, 0.3) is 10.9 Å². The van der Waals surface area contributed by atoms with E-state index in [0.717, 1.165) is 28.6 Å². The van der Waals surface area contributed by atoms with Crippen LogP contribution in [0.5, 0.6) is 0 Å². The number of aromatic amines is 1. The van der Waals surface area contributed by atoms with Crippen LogP contribution in [-0.2, 0) is 19.6 Å². The minimum absolute atomic E-state index is 0.0490. The minimum Gasteiger partial charge on any atom is -0.466 e. The topological polar surface area (TPSA) is 140 Å². The zero-order valence-electron chi connectivity index (χ0n) is 17.7. The van der Waals surface area contributed by atoms with Crippen LogP contribution in [0.2, 0.25) is 0 Å². The van der Waals surface area contributed by atoms with Crippen molar-refractivity contribution >= 4 is 54.3 Å². The Morgan fingerprint density at radius 3 is 2.56 bits per heavy atom. The molecule has 3 aromatic rings. The van der Waals surface area contributed by atoms with Crippen LogP contribution in [0.3, 0.4) is 0 Å². The van der Waals surface area contributed by atoms with Crippen molar-refractivity contribution in [2.75, 3.05) is 13.7 Å². The maximum atomic E-state index is 13.6. The largest absolute Gasteiger partial charge is 0.466 e. The third kappa shape index (κ3) is 4.15. The molecule has 0 amide bonds. The van der Waals surface area contributed by atoms with Gasteiger partial charge < -0.3 is 9.72 Å². The molecule has 0 bridgehead atoms. The summed E-state index contributed by atoms with van der Waals surface area (Å²) in [5, 5.41) is 11.6. The number of sulfonamides is 1. The van der Waals surface area contributed by atoms with E-state index in [9.17, 15) is 28.1 Å². The van der Waals surface area contributed by atoms with Crippen molar-refractivity contribution in [3.05, 3.63) is 80.5 Å². The minimum atomic E-state index is -4.31. The number of halogens is 1. The molecular weight excluding hydrogens is 530 g/mol. The van der Waals surface area contributed by atoms with Crippen LogP contribution in [0.15, 0.2) is 69.7 Å². The SMILES string of the molecule is COC(=O)C1=CC[C@@H](C(=O)c2c[nH]c3cccc(Br)c23)N(S(=O)(=O)c2ccc([N+](=O)[O-])cc2)C1. The van der Waals surface area contributed by atoms with Crippen LogP contribution in [-0.4, -0.2) is 54.1 Å². The van der Waals surface area contributed by atoms with E-state index in [1.807, 2.05) is 0 Å². The Bertz CT molecular complexity index is 1440. The highest BCUT2D eigenvalue weighted by atomic mass is 79.9. The van der Waals surface area contributed by atoms with Gasteiger partial charge in [0, 0.05) is 51.4 Å². The van der Waals surface area contributed by atoms with Crippen LogP contribution in [0.4, 0.5) is 5.69 Å². The molecule has 0 spiro atoms. The zero-order chi connectivity index (χ0) is 24.6.